The van der Waals surface area contributed by atoms with Crippen LogP contribution in [0.4, 0.5) is 0 Å². The van der Waals surface area contributed by atoms with Crippen LogP contribution in [0.15, 0.2) is 35.5 Å². The quantitative estimate of drug-likeness (QED) is 0.708. The Hall–Kier alpha value is -1.36. The fourth-order valence-electron chi connectivity index (χ4n) is 0.883. The van der Waals surface area contributed by atoms with Gasteiger partial charge < -0.3 is 0 Å². The average Bonchev–Trinajstić information content (AvgIpc) is 2.19. The van der Waals surface area contributed by atoms with Crippen molar-refractivity contribution in [1.82, 2.24) is 19.9 Å². The lowest BCUT2D eigenvalue weighted by Crippen LogP contribution is -1.91. The number of aromatic nitrogens is 4. The van der Waals surface area contributed by atoms with E-state index in [1.807, 2.05) is 0 Å². The predicted molar refractivity (Wildman–Crippen MR) is 50.8 cm³/mol. The molecule has 0 aliphatic carbocycles. The van der Waals surface area contributed by atoms with Crippen molar-refractivity contribution >= 4 is 15.9 Å². The van der Waals surface area contributed by atoms with E-state index in [2.05, 4.69) is 35.9 Å². The molecule has 0 saturated heterocycles. The van der Waals surface area contributed by atoms with Crippen LogP contribution in [0, 0.1) is 0 Å². The Kier molecular flexibility index (Phi) is 2.27. The molecule has 2 rings (SSSR count). The number of hydrogen-bond acceptors (Lipinski definition) is 4. The number of halogens is 1. The number of hydrogen-bond donors (Lipinski definition) is 0. The van der Waals surface area contributed by atoms with E-state index >= 15 is 0 Å². The summed E-state index contributed by atoms with van der Waals surface area (Å²) in [6, 6.07) is 3.53. The minimum Gasteiger partial charge on any atom is -0.245 e. The smallest absolute Gasteiger partial charge is 0.179 e. The van der Waals surface area contributed by atoms with Crippen LogP contribution >= 0.6 is 15.9 Å². The molecule has 0 unspecified atom stereocenters. The van der Waals surface area contributed by atoms with Crippen LogP contribution in [0.3, 0.4) is 0 Å². The highest BCUT2D eigenvalue weighted by atomic mass is 79.9. The summed E-state index contributed by atoms with van der Waals surface area (Å²) >= 11 is 3.26. The molecule has 0 bridgehead atoms. The van der Waals surface area contributed by atoms with Crippen LogP contribution in [0.5, 0.6) is 0 Å². The van der Waals surface area contributed by atoms with Gasteiger partial charge in [-0.15, -0.1) is 0 Å². The Balaban J connectivity index is 2.48. The van der Waals surface area contributed by atoms with Crippen LogP contribution in [0.1, 0.15) is 0 Å². The predicted octanol–water partition coefficient (Wildman–Crippen LogP) is 1.70. The average molecular weight is 237 g/mol. The second-order valence-corrected chi connectivity index (χ2v) is 3.11. The van der Waals surface area contributed by atoms with E-state index in [1.165, 1.54) is 6.33 Å². The highest BCUT2D eigenvalue weighted by molar-refractivity contribution is 9.10. The molecule has 2 aromatic heterocycles. The SMILES string of the molecule is Brc1ccnc(-c2ccncn2)n1. The zero-order valence-electron chi connectivity index (χ0n) is 6.55. The summed E-state index contributed by atoms with van der Waals surface area (Å²) in [6.07, 6.45) is 4.81. The Morgan fingerprint density at radius 3 is 2.69 bits per heavy atom. The molecule has 0 atom stereocenters. The third-order valence-corrected chi connectivity index (χ3v) is 1.87. The zero-order valence-corrected chi connectivity index (χ0v) is 8.14. The van der Waals surface area contributed by atoms with Gasteiger partial charge in [-0.3, -0.25) is 0 Å². The highest BCUT2D eigenvalue weighted by Gasteiger charge is 2.00. The topological polar surface area (TPSA) is 51.6 Å². The van der Waals surface area contributed by atoms with Gasteiger partial charge in [0.25, 0.3) is 0 Å². The van der Waals surface area contributed by atoms with Crippen LogP contribution in [-0.2, 0) is 0 Å². The molecule has 0 saturated carbocycles. The van der Waals surface area contributed by atoms with E-state index in [0.29, 0.717) is 5.82 Å². The summed E-state index contributed by atoms with van der Waals surface area (Å²) < 4.78 is 0.746. The second kappa shape index (κ2) is 3.57. The summed E-state index contributed by atoms with van der Waals surface area (Å²) in [5, 5.41) is 0. The summed E-state index contributed by atoms with van der Waals surface area (Å²) in [4.78, 5) is 16.1. The first-order valence-electron chi connectivity index (χ1n) is 3.61. The molecule has 0 N–H and O–H groups in total. The minimum absolute atomic E-state index is 0.594. The molecule has 0 radical (unpaired) electrons. The van der Waals surface area contributed by atoms with Crippen molar-refractivity contribution in [2.75, 3.05) is 0 Å². The number of nitrogens with zero attached hydrogens (tertiary/aromatic N) is 4. The van der Waals surface area contributed by atoms with E-state index in [1.54, 1.807) is 24.5 Å². The van der Waals surface area contributed by atoms with Gasteiger partial charge in [-0.2, -0.15) is 0 Å². The molecule has 5 heteroatoms. The van der Waals surface area contributed by atoms with Crippen molar-refractivity contribution < 1.29 is 0 Å². The van der Waals surface area contributed by atoms with Gasteiger partial charge in [0.15, 0.2) is 5.82 Å². The maximum Gasteiger partial charge on any atom is 0.179 e. The molecule has 13 heavy (non-hydrogen) atoms. The van der Waals surface area contributed by atoms with Gasteiger partial charge in [-0.05, 0) is 28.1 Å². The highest BCUT2D eigenvalue weighted by Crippen LogP contribution is 2.12. The van der Waals surface area contributed by atoms with Gasteiger partial charge in [0, 0.05) is 12.4 Å². The first-order valence-corrected chi connectivity index (χ1v) is 4.40. The van der Waals surface area contributed by atoms with E-state index < -0.39 is 0 Å². The molecule has 0 fully saturated rings. The van der Waals surface area contributed by atoms with Gasteiger partial charge in [0.05, 0.1) is 0 Å². The van der Waals surface area contributed by atoms with Gasteiger partial charge in [-0.25, -0.2) is 19.9 Å². The maximum absolute atomic E-state index is 4.16. The van der Waals surface area contributed by atoms with Crippen molar-refractivity contribution in [1.29, 1.82) is 0 Å². The van der Waals surface area contributed by atoms with E-state index in [0.717, 1.165) is 10.3 Å². The van der Waals surface area contributed by atoms with Crippen molar-refractivity contribution in [2.24, 2.45) is 0 Å². The molecule has 0 spiro atoms. The van der Waals surface area contributed by atoms with Crippen molar-refractivity contribution in [3.8, 4) is 11.5 Å². The Bertz CT molecular complexity index is 404. The second-order valence-electron chi connectivity index (χ2n) is 2.30. The monoisotopic (exact) mass is 236 g/mol. The standard InChI is InChI=1S/C8H5BrN4/c9-7-2-4-11-8(13-7)6-1-3-10-5-12-6/h1-5H. The van der Waals surface area contributed by atoms with Crippen LogP contribution in [0.2, 0.25) is 0 Å². The van der Waals surface area contributed by atoms with Crippen LogP contribution in [0.25, 0.3) is 11.5 Å². The van der Waals surface area contributed by atoms with Gasteiger partial charge in [-0.1, -0.05) is 0 Å². The fraction of sp³-hybridized carbons (Fsp3) is 0. The largest absolute Gasteiger partial charge is 0.245 e. The van der Waals surface area contributed by atoms with Crippen molar-refractivity contribution in [3.05, 3.63) is 35.5 Å². The summed E-state index contributed by atoms with van der Waals surface area (Å²) in [7, 11) is 0. The molecule has 0 amide bonds. The van der Waals surface area contributed by atoms with Gasteiger partial charge >= 0.3 is 0 Å². The Labute approximate surface area is 83.2 Å². The Morgan fingerprint density at radius 1 is 1.08 bits per heavy atom. The molecule has 0 aliphatic heterocycles. The lowest BCUT2D eigenvalue weighted by atomic mass is 10.4. The van der Waals surface area contributed by atoms with E-state index in [-0.39, 0.29) is 0 Å². The van der Waals surface area contributed by atoms with Crippen LogP contribution in [-0.4, -0.2) is 19.9 Å². The molecule has 64 valence electrons. The fourth-order valence-corrected chi connectivity index (χ4v) is 1.17. The van der Waals surface area contributed by atoms with E-state index in [9.17, 15) is 0 Å². The maximum atomic E-state index is 4.16. The molecule has 4 nitrogen and oxygen atoms in total. The molecule has 2 heterocycles. The molecule has 0 aliphatic rings. The van der Waals surface area contributed by atoms with Crippen molar-refractivity contribution in [3.63, 3.8) is 0 Å². The van der Waals surface area contributed by atoms with Crippen molar-refractivity contribution in [2.45, 2.75) is 0 Å². The Morgan fingerprint density at radius 2 is 2.00 bits per heavy atom. The van der Waals surface area contributed by atoms with E-state index in [4.69, 9.17) is 0 Å². The molecule has 2 aromatic rings. The third kappa shape index (κ3) is 1.86. The zero-order chi connectivity index (χ0) is 9.10. The van der Waals surface area contributed by atoms with Gasteiger partial charge in [0.2, 0.25) is 0 Å². The molecular weight excluding hydrogens is 232 g/mol. The van der Waals surface area contributed by atoms with Gasteiger partial charge in [0.1, 0.15) is 16.6 Å². The summed E-state index contributed by atoms with van der Waals surface area (Å²) in [5.74, 6) is 0.594. The van der Waals surface area contributed by atoms with Crippen LogP contribution < -0.4 is 0 Å². The molecule has 0 aromatic carbocycles. The lowest BCUT2D eigenvalue weighted by molar-refractivity contribution is 1.09. The summed E-state index contributed by atoms with van der Waals surface area (Å²) in [6.45, 7) is 0. The third-order valence-electron chi connectivity index (χ3n) is 1.43. The molecular formula is C8H5BrN4. The first-order chi connectivity index (χ1) is 6.36. The normalized spacial score (nSPS) is 9.92. The lowest BCUT2D eigenvalue weighted by Gasteiger charge is -1.96. The minimum atomic E-state index is 0.594. The first kappa shape index (κ1) is 8.25. The number of rotatable bonds is 1. The summed E-state index contributed by atoms with van der Waals surface area (Å²) in [5.41, 5.74) is 0.719.